The van der Waals surface area contributed by atoms with Crippen LogP contribution in [0.5, 0.6) is 17.2 Å². The van der Waals surface area contributed by atoms with Gasteiger partial charge < -0.3 is 24.3 Å². The SMILES string of the molecule is CCOc1cc(/C=C(\C#N)C(=O)Nc2cccc(OC)c2)ccc1OCC(=O)OC. The van der Waals surface area contributed by atoms with E-state index in [-0.39, 0.29) is 12.2 Å². The van der Waals surface area contributed by atoms with E-state index in [1.165, 1.54) is 20.3 Å². The minimum Gasteiger partial charge on any atom is -0.497 e. The zero-order valence-electron chi connectivity index (χ0n) is 16.9. The lowest BCUT2D eigenvalue weighted by Crippen LogP contribution is -2.13. The summed E-state index contributed by atoms with van der Waals surface area (Å²) in [6.07, 6.45) is 1.43. The molecule has 8 nitrogen and oxygen atoms in total. The van der Waals surface area contributed by atoms with Crippen LogP contribution in [0.15, 0.2) is 48.0 Å². The van der Waals surface area contributed by atoms with Crippen molar-refractivity contribution in [1.82, 2.24) is 0 Å². The Bertz CT molecular complexity index is 978. The third kappa shape index (κ3) is 6.27. The first-order chi connectivity index (χ1) is 14.5. The molecule has 1 N–H and O–H groups in total. The Morgan fingerprint density at radius 3 is 2.57 bits per heavy atom. The van der Waals surface area contributed by atoms with Crippen LogP contribution >= 0.6 is 0 Å². The van der Waals surface area contributed by atoms with Crippen molar-refractivity contribution in [2.45, 2.75) is 6.92 Å². The lowest BCUT2D eigenvalue weighted by molar-refractivity contribution is -0.142. The number of anilines is 1. The maximum Gasteiger partial charge on any atom is 0.343 e. The van der Waals surface area contributed by atoms with E-state index in [9.17, 15) is 14.9 Å². The van der Waals surface area contributed by atoms with Crippen LogP contribution in [0, 0.1) is 11.3 Å². The van der Waals surface area contributed by atoms with Gasteiger partial charge in [-0.3, -0.25) is 4.79 Å². The number of amides is 1. The van der Waals surface area contributed by atoms with Crippen LogP contribution in [0.4, 0.5) is 5.69 Å². The van der Waals surface area contributed by atoms with Crippen LogP contribution < -0.4 is 19.5 Å². The molecule has 0 aliphatic heterocycles. The highest BCUT2D eigenvalue weighted by molar-refractivity contribution is 6.09. The first-order valence-electron chi connectivity index (χ1n) is 9.04. The molecule has 0 heterocycles. The minimum absolute atomic E-state index is 0.0940. The van der Waals surface area contributed by atoms with E-state index in [2.05, 4.69) is 10.1 Å². The van der Waals surface area contributed by atoms with Crippen molar-refractivity contribution in [3.05, 3.63) is 53.6 Å². The van der Waals surface area contributed by atoms with Gasteiger partial charge in [0.1, 0.15) is 17.4 Å². The summed E-state index contributed by atoms with van der Waals surface area (Å²) >= 11 is 0. The Kier molecular flexibility index (Phi) is 8.27. The van der Waals surface area contributed by atoms with Crippen molar-refractivity contribution in [1.29, 1.82) is 5.26 Å². The number of esters is 1. The van der Waals surface area contributed by atoms with Crippen molar-refractivity contribution < 1.29 is 28.5 Å². The van der Waals surface area contributed by atoms with Crippen LogP contribution in [0.2, 0.25) is 0 Å². The molecular weight excluding hydrogens is 388 g/mol. The van der Waals surface area contributed by atoms with E-state index >= 15 is 0 Å². The van der Waals surface area contributed by atoms with Crippen molar-refractivity contribution in [2.24, 2.45) is 0 Å². The predicted octanol–water partition coefficient (Wildman–Crippen LogP) is 3.19. The van der Waals surface area contributed by atoms with Crippen LogP contribution in [-0.2, 0) is 14.3 Å². The molecule has 156 valence electrons. The van der Waals surface area contributed by atoms with Gasteiger partial charge in [-0.15, -0.1) is 0 Å². The number of methoxy groups -OCH3 is 2. The molecule has 0 unspecified atom stereocenters. The number of hydrogen-bond donors (Lipinski definition) is 1. The second-order valence-electron chi connectivity index (χ2n) is 5.86. The van der Waals surface area contributed by atoms with E-state index in [4.69, 9.17) is 14.2 Å². The molecule has 0 saturated carbocycles. The maximum absolute atomic E-state index is 12.5. The second-order valence-corrected chi connectivity index (χ2v) is 5.86. The molecule has 0 bridgehead atoms. The van der Waals surface area contributed by atoms with Gasteiger partial charge in [0.2, 0.25) is 0 Å². The quantitative estimate of drug-likeness (QED) is 0.384. The molecule has 0 fully saturated rings. The summed E-state index contributed by atoms with van der Waals surface area (Å²) in [7, 11) is 2.79. The van der Waals surface area contributed by atoms with E-state index in [1.807, 2.05) is 6.07 Å². The summed E-state index contributed by atoms with van der Waals surface area (Å²) in [6, 6.07) is 13.6. The molecule has 0 atom stereocenters. The third-order valence-corrected chi connectivity index (χ3v) is 3.84. The molecule has 1 amide bonds. The van der Waals surface area contributed by atoms with Gasteiger partial charge in [0, 0.05) is 11.8 Å². The Morgan fingerprint density at radius 1 is 1.10 bits per heavy atom. The minimum atomic E-state index is -0.560. The highest BCUT2D eigenvalue weighted by Crippen LogP contribution is 2.29. The standard InChI is InChI=1S/C22H22N2O6/c1-4-29-20-11-15(8-9-19(20)30-14-21(25)28-3)10-16(13-23)22(26)24-17-6-5-7-18(12-17)27-2/h5-12H,4,14H2,1-3H3,(H,24,26)/b16-10+. The molecular formula is C22H22N2O6. The number of benzene rings is 2. The van der Waals surface area contributed by atoms with Gasteiger partial charge in [-0.05, 0) is 42.8 Å². The van der Waals surface area contributed by atoms with Gasteiger partial charge in [0.15, 0.2) is 18.1 Å². The first kappa shape index (κ1) is 22.3. The molecule has 0 aliphatic rings. The number of nitrogens with zero attached hydrogens (tertiary/aromatic N) is 1. The summed E-state index contributed by atoms with van der Waals surface area (Å²) in [4.78, 5) is 23.8. The molecule has 2 aromatic carbocycles. The summed E-state index contributed by atoms with van der Waals surface area (Å²) in [5.41, 5.74) is 0.965. The average Bonchev–Trinajstić information content (AvgIpc) is 2.76. The molecule has 0 spiro atoms. The topological polar surface area (TPSA) is 107 Å². The molecule has 0 saturated heterocycles. The molecule has 8 heteroatoms. The zero-order valence-corrected chi connectivity index (χ0v) is 16.9. The van der Waals surface area contributed by atoms with Gasteiger partial charge in [0.25, 0.3) is 5.91 Å². The molecule has 30 heavy (non-hydrogen) atoms. The van der Waals surface area contributed by atoms with Gasteiger partial charge >= 0.3 is 5.97 Å². The number of ether oxygens (including phenoxy) is 4. The Balaban J connectivity index is 2.22. The van der Waals surface area contributed by atoms with Crippen molar-refractivity contribution in [3.63, 3.8) is 0 Å². The number of carbonyl (C=O) groups excluding carboxylic acids is 2. The Labute approximate surface area is 174 Å². The highest BCUT2D eigenvalue weighted by Gasteiger charge is 2.13. The average molecular weight is 410 g/mol. The summed E-state index contributed by atoms with van der Waals surface area (Å²) in [5, 5.41) is 12.1. The van der Waals surface area contributed by atoms with Crippen molar-refractivity contribution in [3.8, 4) is 23.3 Å². The number of hydrogen-bond acceptors (Lipinski definition) is 7. The normalized spacial score (nSPS) is 10.5. The molecule has 0 aromatic heterocycles. The van der Waals surface area contributed by atoms with Gasteiger partial charge in [0.05, 0.1) is 20.8 Å². The molecule has 0 radical (unpaired) electrons. The largest absolute Gasteiger partial charge is 0.497 e. The van der Waals surface area contributed by atoms with Gasteiger partial charge in [-0.1, -0.05) is 12.1 Å². The van der Waals surface area contributed by atoms with Crippen LogP contribution in [0.3, 0.4) is 0 Å². The highest BCUT2D eigenvalue weighted by atomic mass is 16.6. The number of carbonyl (C=O) groups is 2. The lowest BCUT2D eigenvalue weighted by atomic mass is 10.1. The first-order valence-corrected chi connectivity index (χ1v) is 9.04. The lowest BCUT2D eigenvalue weighted by Gasteiger charge is -2.12. The predicted molar refractivity (Wildman–Crippen MR) is 110 cm³/mol. The van der Waals surface area contributed by atoms with E-state index in [0.717, 1.165) is 0 Å². The molecule has 2 aromatic rings. The number of nitrogens with one attached hydrogen (secondary N) is 1. The second kappa shape index (κ2) is 11.1. The van der Waals surface area contributed by atoms with Crippen molar-refractivity contribution >= 4 is 23.6 Å². The number of rotatable bonds is 9. The molecule has 0 aliphatic carbocycles. The molecule has 2 rings (SSSR count). The van der Waals surface area contributed by atoms with E-state index in [1.54, 1.807) is 49.4 Å². The Morgan fingerprint density at radius 2 is 1.90 bits per heavy atom. The third-order valence-electron chi connectivity index (χ3n) is 3.84. The fourth-order valence-electron chi connectivity index (χ4n) is 2.41. The van der Waals surface area contributed by atoms with Crippen LogP contribution in [0.25, 0.3) is 6.08 Å². The van der Waals surface area contributed by atoms with E-state index < -0.39 is 11.9 Å². The fraction of sp³-hybridized carbons (Fsp3) is 0.227. The van der Waals surface area contributed by atoms with Gasteiger partial charge in [-0.2, -0.15) is 5.26 Å². The summed E-state index contributed by atoms with van der Waals surface area (Å²) < 4.78 is 20.6. The monoisotopic (exact) mass is 410 g/mol. The number of nitriles is 1. The van der Waals surface area contributed by atoms with Crippen LogP contribution in [0.1, 0.15) is 12.5 Å². The van der Waals surface area contributed by atoms with E-state index in [0.29, 0.717) is 35.1 Å². The summed E-state index contributed by atoms with van der Waals surface area (Å²) in [5.74, 6) is 0.218. The summed E-state index contributed by atoms with van der Waals surface area (Å²) in [6.45, 7) is 1.90. The Hall–Kier alpha value is -3.99. The maximum atomic E-state index is 12.5. The van der Waals surface area contributed by atoms with Crippen molar-refractivity contribution in [2.75, 3.05) is 32.8 Å². The van der Waals surface area contributed by atoms with Gasteiger partial charge in [-0.25, -0.2) is 4.79 Å². The zero-order chi connectivity index (χ0) is 21.9. The van der Waals surface area contributed by atoms with Crippen LogP contribution in [-0.4, -0.2) is 39.3 Å². The smallest absolute Gasteiger partial charge is 0.343 e. The fourth-order valence-corrected chi connectivity index (χ4v) is 2.41.